The third-order valence-electron chi connectivity index (χ3n) is 4.15. The van der Waals surface area contributed by atoms with E-state index in [0.29, 0.717) is 5.41 Å². The molecule has 1 atom stereocenters. The van der Waals surface area contributed by atoms with Gasteiger partial charge in [0.1, 0.15) is 0 Å². The van der Waals surface area contributed by atoms with E-state index < -0.39 is 0 Å². The van der Waals surface area contributed by atoms with E-state index in [1.807, 2.05) is 0 Å². The Morgan fingerprint density at radius 3 is 2.15 bits per heavy atom. The summed E-state index contributed by atoms with van der Waals surface area (Å²) in [6, 6.07) is 0. The van der Waals surface area contributed by atoms with E-state index in [9.17, 15) is 5.11 Å². The van der Waals surface area contributed by atoms with Crippen molar-refractivity contribution in [1.29, 1.82) is 0 Å². The second-order valence-electron chi connectivity index (χ2n) is 4.42. The highest BCUT2D eigenvalue weighted by Crippen LogP contribution is 2.56. The van der Waals surface area contributed by atoms with Gasteiger partial charge in [-0.15, -0.1) is 17.0 Å². The van der Waals surface area contributed by atoms with Gasteiger partial charge in [0.05, 0.1) is 5.60 Å². The summed E-state index contributed by atoms with van der Waals surface area (Å²) in [7, 11) is 0. The van der Waals surface area contributed by atoms with Crippen molar-refractivity contribution >= 4 is 17.0 Å². The van der Waals surface area contributed by atoms with E-state index in [1.54, 1.807) is 0 Å². The summed E-state index contributed by atoms with van der Waals surface area (Å²) in [5, 5.41) is 13.6. The maximum Gasteiger partial charge on any atom is 0.0702 e. The van der Waals surface area contributed by atoms with Crippen LogP contribution in [0.1, 0.15) is 39.0 Å². The zero-order valence-electron chi connectivity index (χ0n) is 8.31. The third kappa shape index (κ3) is 1.55. The maximum absolute atomic E-state index is 10.3. The van der Waals surface area contributed by atoms with Crippen molar-refractivity contribution < 1.29 is 5.11 Å². The minimum absolute atomic E-state index is 0. The number of rotatable bonds is 1. The molecule has 0 aromatic rings. The smallest absolute Gasteiger partial charge is 0.0702 e. The van der Waals surface area contributed by atoms with Gasteiger partial charge < -0.3 is 10.4 Å². The van der Waals surface area contributed by atoms with Crippen molar-refractivity contribution in [3.05, 3.63) is 0 Å². The second-order valence-corrected chi connectivity index (χ2v) is 4.42. The lowest BCUT2D eigenvalue weighted by molar-refractivity contribution is -0.181. The van der Waals surface area contributed by atoms with Crippen molar-refractivity contribution in [3.8, 4) is 0 Å². The number of hydrogen-bond donors (Lipinski definition) is 2. The molecule has 1 spiro atoms. The lowest BCUT2D eigenvalue weighted by Gasteiger charge is -2.58. The highest BCUT2D eigenvalue weighted by atomic mass is 79.9. The summed E-state index contributed by atoms with van der Waals surface area (Å²) in [6.07, 6.45) is 5.57. The highest BCUT2D eigenvalue weighted by molar-refractivity contribution is 8.93. The molecule has 2 rings (SSSR count). The Balaban J connectivity index is 0.000000845. The van der Waals surface area contributed by atoms with E-state index >= 15 is 0 Å². The largest absolute Gasteiger partial charge is 0.389 e. The number of aliphatic hydroxyl groups is 1. The number of nitrogens with one attached hydrogen (secondary N) is 1. The molecular weight excluding hydrogens is 230 g/mol. The van der Waals surface area contributed by atoms with Crippen LogP contribution in [0.5, 0.6) is 0 Å². The fourth-order valence-electron chi connectivity index (χ4n) is 2.94. The summed E-state index contributed by atoms with van der Waals surface area (Å²) < 4.78 is 0. The zero-order chi connectivity index (χ0) is 8.66. The quantitative estimate of drug-likeness (QED) is 0.744. The molecule has 2 fully saturated rings. The van der Waals surface area contributed by atoms with Gasteiger partial charge in [0.25, 0.3) is 0 Å². The molecule has 1 unspecified atom stereocenters. The summed E-state index contributed by atoms with van der Waals surface area (Å²) in [5.74, 6) is 0. The van der Waals surface area contributed by atoms with Crippen molar-refractivity contribution in [2.24, 2.45) is 5.41 Å². The molecule has 1 saturated heterocycles. The summed E-state index contributed by atoms with van der Waals surface area (Å²) in [4.78, 5) is 0. The third-order valence-corrected chi connectivity index (χ3v) is 4.15. The summed E-state index contributed by atoms with van der Waals surface area (Å²) >= 11 is 0. The predicted molar refractivity (Wildman–Crippen MR) is 59.3 cm³/mol. The Hall–Kier alpha value is 0.400. The van der Waals surface area contributed by atoms with Crippen molar-refractivity contribution in [3.63, 3.8) is 0 Å². The zero-order valence-corrected chi connectivity index (χ0v) is 10.0. The first-order valence-electron chi connectivity index (χ1n) is 5.16. The van der Waals surface area contributed by atoms with Crippen molar-refractivity contribution in [1.82, 2.24) is 5.32 Å². The standard InChI is InChI=1S/C10H19NO.BrH/c1-2-10(12)4-3-9(10)5-7-11-8-6-9;/h11-12H,2-8H2,1H3;1H. The summed E-state index contributed by atoms with van der Waals surface area (Å²) in [5.41, 5.74) is -0.0118. The van der Waals surface area contributed by atoms with Crippen LogP contribution in [-0.2, 0) is 0 Å². The van der Waals surface area contributed by atoms with Gasteiger partial charge in [-0.25, -0.2) is 0 Å². The van der Waals surface area contributed by atoms with E-state index in [1.165, 1.54) is 19.3 Å². The molecule has 3 heteroatoms. The molecule has 2 nitrogen and oxygen atoms in total. The monoisotopic (exact) mass is 249 g/mol. The van der Waals surface area contributed by atoms with Gasteiger partial charge in [0.15, 0.2) is 0 Å². The fraction of sp³-hybridized carbons (Fsp3) is 1.00. The van der Waals surface area contributed by atoms with Gasteiger partial charge in [-0.3, -0.25) is 0 Å². The minimum Gasteiger partial charge on any atom is -0.389 e. The second kappa shape index (κ2) is 3.87. The molecule has 1 heterocycles. The average Bonchev–Trinajstić information content (AvgIpc) is 2.16. The Kier molecular flexibility index (Phi) is 3.42. The molecule has 2 aliphatic rings. The van der Waals surface area contributed by atoms with Gasteiger partial charge in [-0.1, -0.05) is 6.92 Å². The topological polar surface area (TPSA) is 32.3 Å². The van der Waals surface area contributed by atoms with Crippen LogP contribution in [0.4, 0.5) is 0 Å². The van der Waals surface area contributed by atoms with Crippen LogP contribution in [0.3, 0.4) is 0 Å². The van der Waals surface area contributed by atoms with E-state index in [-0.39, 0.29) is 22.6 Å². The van der Waals surface area contributed by atoms with Gasteiger partial charge in [0, 0.05) is 5.41 Å². The summed E-state index contributed by atoms with van der Waals surface area (Å²) in [6.45, 7) is 4.31. The van der Waals surface area contributed by atoms with Crippen LogP contribution in [0.15, 0.2) is 0 Å². The fourth-order valence-corrected chi connectivity index (χ4v) is 2.94. The van der Waals surface area contributed by atoms with Crippen LogP contribution in [0.25, 0.3) is 0 Å². The Bertz CT molecular complexity index is 176. The first-order valence-corrected chi connectivity index (χ1v) is 5.16. The van der Waals surface area contributed by atoms with Crippen LogP contribution < -0.4 is 5.32 Å². The molecule has 1 aliphatic heterocycles. The minimum atomic E-state index is -0.310. The van der Waals surface area contributed by atoms with Crippen LogP contribution in [-0.4, -0.2) is 23.8 Å². The van der Waals surface area contributed by atoms with E-state index in [2.05, 4.69) is 12.2 Å². The first-order chi connectivity index (χ1) is 5.72. The molecule has 0 aromatic carbocycles. The number of halogens is 1. The maximum atomic E-state index is 10.3. The Morgan fingerprint density at radius 2 is 1.77 bits per heavy atom. The molecule has 78 valence electrons. The highest BCUT2D eigenvalue weighted by Gasteiger charge is 2.56. The van der Waals surface area contributed by atoms with Crippen LogP contribution in [0.2, 0.25) is 0 Å². The van der Waals surface area contributed by atoms with Gasteiger partial charge >= 0.3 is 0 Å². The molecule has 13 heavy (non-hydrogen) atoms. The molecule has 2 N–H and O–H groups in total. The lowest BCUT2D eigenvalue weighted by Crippen LogP contribution is -2.60. The normalized spacial score (nSPS) is 36.5. The lowest BCUT2D eigenvalue weighted by atomic mass is 9.52. The van der Waals surface area contributed by atoms with Crippen LogP contribution in [0, 0.1) is 5.41 Å². The molecule has 0 aromatic heterocycles. The van der Waals surface area contributed by atoms with Gasteiger partial charge in [0.2, 0.25) is 0 Å². The number of piperidine rings is 1. The molecule has 0 radical (unpaired) electrons. The van der Waals surface area contributed by atoms with Crippen molar-refractivity contribution in [2.75, 3.05) is 13.1 Å². The Labute approximate surface area is 90.9 Å². The van der Waals surface area contributed by atoms with Gasteiger partial charge in [-0.2, -0.15) is 0 Å². The molecule has 1 aliphatic carbocycles. The molecule has 0 amide bonds. The van der Waals surface area contributed by atoms with Crippen molar-refractivity contribution in [2.45, 2.75) is 44.6 Å². The molecule has 0 bridgehead atoms. The molecular formula is C10H20BrNO. The number of hydrogen-bond acceptors (Lipinski definition) is 2. The molecule has 1 saturated carbocycles. The SMILES string of the molecule is Br.CCC1(O)CCC12CCNCC2. The first kappa shape index (κ1) is 11.5. The average molecular weight is 250 g/mol. The Morgan fingerprint density at radius 1 is 1.15 bits per heavy atom. The van der Waals surface area contributed by atoms with E-state index in [4.69, 9.17) is 0 Å². The predicted octanol–water partition coefficient (Wildman–Crippen LogP) is 1.87. The van der Waals surface area contributed by atoms with E-state index in [0.717, 1.165) is 25.9 Å². The van der Waals surface area contributed by atoms with Crippen LogP contribution >= 0.6 is 17.0 Å². The van der Waals surface area contributed by atoms with Gasteiger partial charge in [-0.05, 0) is 45.2 Å².